The lowest BCUT2D eigenvalue weighted by atomic mass is 10.00. The highest BCUT2D eigenvalue weighted by atomic mass is 16.3. The monoisotopic (exact) mass is 471 g/mol. The number of H-pyrrole nitrogens is 1. The van der Waals surface area contributed by atoms with E-state index >= 15 is 0 Å². The Bertz CT molecular complexity index is 1790. The van der Waals surface area contributed by atoms with Crippen molar-refractivity contribution in [3.05, 3.63) is 103 Å². The zero-order chi connectivity index (χ0) is 24.6. The van der Waals surface area contributed by atoms with Gasteiger partial charge >= 0.3 is 0 Å². The lowest BCUT2D eigenvalue weighted by Crippen LogP contribution is -2.12. The minimum Gasteiger partial charge on any atom is -0.505 e. The van der Waals surface area contributed by atoms with Crippen LogP contribution in [0.25, 0.3) is 32.6 Å². The molecule has 6 aromatic rings. The van der Waals surface area contributed by atoms with E-state index in [1.54, 1.807) is 42.5 Å². The normalized spacial score (nSPS) is 11.6. The molecule has 5 N–H and O–H groups in total. The molecular weight excluding hydrogens is 450 g/mol. The van der Waals surface area contributed by atoms with Gasteiger partial charge in [-0.25, -0.2) is 0 Å². The Morgan fingerprint density at radius 3 is 2.39 bits per heavy atom. The number of amides is 1. The Balaban J connectivity index is 1.58. The summed E-state index contributed by atoms with van der Waals surface area (Å²) in [5.74, 6) is -0.692. The third-order valence-corrected chi connectivity index (χ3v) is 6.17. The summed E-state index contributed by atoms with van der Waals surface area (Å²) in [5.41, 5.74) is 9.68. The standard InChI is InChI=1S/C29H21N5O2/c30-18-11-13-20(14-12-18)33-34-27-25-17(10-15-22-21-8-4-5-9-24(21)32-26(22)25)16-23(28(27)35)29(36)31-19-6-2-1-3-7-19/h1-16,32,35H,30H2,(H,31,36). The summed E-state index contributed by atoms with van der Waals surface area (Å²) in [4.78, 5) is 16.6. The van der Waals surface area contributed by atoms with E-state index in [0.29, 0.717) is 22.4 Å². The topological polar surface area (TPSA) is 116 Å². The molecule has 7 nitrogen and oxygen atoms in total. The largest absolute Gasteiger partial charge is 0.505 e. The van der Waals surface area contributed by atoms with Crippen LogP contribution in [-0.4, -0.2) is 16.0 Å². The first kappa shape index (κ1) is 21.4. The number of anilines is 2. The molecule has 0 bridgehead atoms. The molecule has 1 heterocycles. The number of para-hydroxylation sites is 2. The van der Waals surface area contributed by atoms with Crippen molar-refractivity contribution in [2.75, 3.05) is 11.1 Å². The number of benzene rings is 5. The smallest absolute Gasteiger partial charge is 0.259 e. The van der Waals surface area contributed by atoms with Crippen LogP contribution in [0.1, 0.15) is 10.4 Å². The minimum absolute atomic E-state index is 0.105. The highest BCUT2D eigenvalue weighted by molar-refractivity contribution is 6.22. The summed E-state index contributed by atoms with van der Waals surface area (Å²) in [5, 5.41) is 26.4. The second-order valence-electron chi connectivity index (χ2n) is 8.49. The first-order valence-electron chi connectivity index (χ1n) is 11.4. The zero-order valence-corrected chi connectivity index (χ0v) is 19.1. The Morgan fingerprint density at radius 2 is 1.58 bits per heavy atom. The molecule has 0 saturated carbocycles. The summed E-state index contributed by atoms with van der Waals surface area (Å²) >= 11 is 0. The second kappa shape index (κ2) is 8.56. The van der Waals surface area contributed by atoms with E-state index in [1.165, 1.54) is 0 Å². The molecule has 5 aromatic carbocycles. The number of hydrogen-bond acceptors (Lipinski definition) is 5. The maximum absolute atomic E-state index is 13.2. The molecule has 0 fully saturated rings. The van der Waals surface area contributed by atoms with E-state index < -0.39 is 5.91 Å². The fraction of sp³-hybridized carbons (Fsp3) is 0. The van der Waals surface area contributed by atoms with Crippen molar-refractivity contribution in [3.63, 3.8) is 0 Å². The number of nitrogens with two attached hydrogens (primary N) is 1. The molecule has 0 unspecified atom stereocenters. The van der Waals surface area contributed by atoms with Crippen molar-refractivity contribution in [3.8, 4) is 5.75 Å². The van der Waals surface area contributed by atoms with Gasteiger partial charge in [-0.15, -0.1) is 5.11 Å². The van der Waals surface area contributed by atoms with Gasteiger partial charge in [-0.05, 0) is 53.9 Å². The van der Waals surface area contributed by atoms with Gasteiger partial charge in [-0.1, -0.05) is 48.5 Å². The SMILES string of the molecule is Nc1ccc(N=Nc2c(O)c(C(=O)Nc3ccccc3)cc3ccc4c5ccccc5[nH]c4c23)cc1. The molecule has 0 aliphatic rings. The van der Waals surface area contributed by atoms with Crippen LogP contribution in [0.5, 0.6) is 5.75 Å². The van der Waals surface area contributed by atoms with Gasteiger partial charge in [0, 0.05) is 33.1 Å². The molecule has 1 aromatic heterocycles. The fourth-order valence-corrected chi connectivity index (χ4v) is 4.42. The van der Waals surface area contributed by atoms with Crippen LogP contribution < -0.4 is 11.1 Å². The van der Waals surface area contributed by atoms with Crippen LogP contribution >= 0.6 is 0 Å². The maximum atomic E-state index is 13.2. The molecular formula is C29H21N5O2. The molecule has 0 atom stereocenters. The van der Waals surface area contributed by atoms with Crippen LogP contribution in [0.3, 0.4) is 0 Å². The number of carbonyl (C=O) groups excluding carboxylic acids is 1. The van der Waals surface area contributed by atoms with Gasteiger partial charge < -0.3 is 21.1 Å². The van der Waals surface area contributed by atoms with Crippen molar-refractivity contribution >= 4 is 61.2 Å². The van der Waals surface area contributed by atoms with Gasteiger partial charge in [0.25, 0.3) is 5.91 Å². The van der Waals surface area contributed by atoms with E-state index in [1.807, 2.05) is 54.6 Å². The number of hydrogen-bond donors (Lipinski definition) is 4. The number of nitrogens with one attached hydrogen (secondary N) is 2. The van der Waals surface area contributed by atoms with E-state index in [9.17, 15) is 9.90 Å². The molecule has 7 heteroatoms. The van der Waals surface area contributed by atoms with Crippen molar-refractivity contribution in [1.82, 2.24) is 4.98 Å². The quantitative estimate of drug-likeness (QED) is 0.158. The third kappa shape index (κ3) is 3.69. The number of nitrogens with zero attached hydrogens (tertiary/aromatic N) is 2. The number of carbonyl (C=O) groups is 1. The molecule has 36 heavy (non-hydrogen) atoms. The molecule has 0 spiro atoms. The number of aromatic hydroxyl groups is 1. The molecule has 0 radical (unpaired) electrons. The lowest BCUT2D eigenvalue weighted by Gasteiger charge is -2.12. The number of aromatic nitrogens is 1. The van der Waals surface area contributed by atoms with Crippen molar-refractivity contribution < 1.29 is 9.90 Å². The molecule has 0 aliphatic carbocycles. The molecule has 6 rings (SSSR count). The Hall–Kier alpha value is -5.17. The Morgan fingerprint density at radius 1 is 0.833 bits per heavy atom. The summed E-state index contributed by atoms with van der Waals surface area (Å²) in [6, 6.07) is 29.6. The highest BCUT2D eigenvalue weighted by Gasteiger charge is 2.21. The summed E-state index contributed by atoms with van der Waals surface area (Å²) < 4.78 is 0. The van der Waals surface area contributed by atoms with E-state index in [-0.39, 0.29) is 17.0 Å². The zero-order valence-electron chi connectivity index (χ0n) is 19.1. The van der Waals surface area contributed by atoms with Crippen molar-refractivity contribution in [2.45, 2.75) is 0 Å². The van der Waals surface area contributed by atoms with E-state index in [0.717, 1.165) is 27.2 Å². The van der Waals surface area contributed by atoms with Crippen LogP contribution in [0, 0.1) is 0 Å². The Labute approximate surface area is 205 Å². The van der Waals surface area contributed by atoms with E-state index in [4.69, 9.17) is 5.73 Å². The van der Waals surface area contributed by atoms with Crippen LogP contribution in [0.4, 0.5) is 22.7 Å². The average molecular weight is 472 g/mol. The lowest BCUT2D eigenvalue weighted by molar-refractivity contribution is 0.102. The van der Waals surface area contributed by atoms with E-state index in [2.05, 4.69) is 20.5 Å². The number of phenolic OH excluding ortho intramolecular Hbond substituents is 1. The van der Waals surface area contributed by atoms with Gasteiger partial charge in [-0.2, -0.15) is 5.11 Å². The predicted octanol–water partition coefficient (Wildman–Crippen LogP) is 7.43. The molecule has 1 amide bonds. The van der Waals surface area contributed by atoms with Gasteiger partial charge in [0.1, 0.15) is 5.69 Å². The predicted molar refractivity (Wildman–Crippen MR) is 144 cm³/mol. The van der Waals surface area contributed by atoms with Crippen LogP contribution in [0.2, 0.25) is 0 Å². The Kier molecular flexibility index (Phi) is 5.08. The van der Waals surface area contributed by atoms with Gasteiger partial charge in [0.15, 0.2) is 5.75 Å². The number of fused-ring (bicyclic) bond motifs is 5. The number of phenols is 1. The first-order chi connectivity index (χ1) is 17.6. The summed E-state index contributed by atoms with van der Waals surface area (Å²) in [6.07, 6.45) is 0. The number of azo groups is 1. The van der Waals surface area contributed by atoms with Crippen molar-refractivity contribution in [1.29, 1.82) is 0 Å². The number of nitrogen functional groups attached to an aromatic ring is 1. The highest BCUT2D eigenvalue weighted by Crippen LogP contribution is 2.44. The van der Waals surface area contributed by atoms with Crippen LogP contribution in [-0.2, 0) is 0 Å². The minimum atomic E-state index is -0.443. The second-order valence-corrected chi connectivity index (χ2v) is 8.49. The molecule has 0 aliphatic heterocycles. The van der Waals surface area contributed by atoms with Gasteiger partial charge in [0.05, 0.1) is 16.8 Å². The molecule has 0 saturated heterocycles. The van der Waals surface area contributed by atoms with Gasteiger partial charge in [0.2, 0.25) is 0 Å². The number of rotatable bonds is 4. The maximum Gasteiger partial charge on any atom is 0.259 e. The van der Waals surface area contributed by atoms with Crippen molar-refractivity contribution in [2.24, 2.45) is 10.2 Å². The summed E-state index contributed by atoms with van der Waals surface area (Å²) in [6.45, 7) is 0. The summed E-state index contributed by atoms with van der Waals surface area (Å²) in [7, 11) is 0. The van der Waals surface area contributed by atoms with Gasteiger partial charge in [-0.3, -0.25) is 4.79 Å². The fourth-order valence-electron chi connectivity index (χ4n) is 4.42. The first-order valence-corrected chi connectivity index (χ1v) is 11.4. The average Bonchev–Trinajstić information content (AvgIpc) is 3.28. The third-order valence-electron chi connectivity index (χ3n) is 6.17. The molecule has 174 valence electrons. The number of aromatic amines is 1. The van der Waals surface area contributed by atoms with Crippen LogP contribution in [0.15, 0.2) is 107 Å².